The van der Waals surface area contributed by atoms with Crippen molar-refractivity contribution in [1.82, 2.24) is 9.62 Å². The fourth-order valence-corrected chi connectivity index (χ4v) is 5.47. The first-order chi connectivity index (χ1) is 13.6. The molecule has 162 valence electrons. The van der Waals surface area contributed by atoms with Crippen molar-refractivity contribution in [3.8, 4) is 0 Å². The fourth-order valence-electron chi connectivity index (χ4n) is 3.37. The molecule has 0 aliphatic carbocycles. The van der Waals surface area contributed by atoms with Gasteiger partial charge < -0.3 is 10.1 Å². The summed E-state index contributed by atoms with van der Waals surface area (Å²) in [6.45, 7) is 6.31. The minimum absolute atomic E-state index is 0.00888. The topological polar surface area (TPSA) is 92.8 Å². The molecule has 1 amide bonds. The molecule has 2 atom stereocenters. The quantitative estimate of drug-likeness (QED) is 0.621. The molecular formula is C20H29ClN2O5S. The first kappa shape index (κ1) is 23.6. The predicted molar refractivity (Wildman–Crippen MR) is 111 cm³/mol. The normalized spacial score (nSPS) is 18.8. The zero-order valence-electron chi connectivity index (χ0n) is 17.1. The molecule has 1 aliphatic rings. The van der Waals surface area contributed by atoms with Gasteiger partial charge in [-0.15, -0.1) is 0 Å². The molecule has 0 saturated carbocycles. The van der Waals surface area contributed by atoms with Gasteiger partial charge in [0, 0.05) is 19.1 Å². The van der Waals surface area contributed by atoms with Crippen molar-refractivity contribution in [2.75, 3.05) is 19.7 Å². The van der Waals surface area contributed by atoms with Crippen LogP contribution in [0.15, 0.2) is 23.1 Å². The maximum atomic E-state index is 13.0. The molecule has 0 aromatic heterocycles. The van der Waals surface area contributed by atoms with Crippen LogP contribution in [0.5, 0.6) is 0 Å². The van der Waals surface area contributed by atoms with Crippen LogP contribution in [-0.4, -0.2) is 50.3 Å². The third kappa shape index (κ3) is 6.42. The van der Waals surface area contributed by atoms with Crippen LogP contribution in [0.3, 0.4) is 0 Å². The number of hydrogen-bond acceptors (Lipinski definition) is 5. The van der Waals surface area contributed by atoms with E-state index in [-0.39, 0.29) is 27.4 Å². The van der Waals surface area contributed by atoms with Crippen LogP contribution in [-0.2, 0) is 19.6 Å². The van der Waals surface area contributed by atoms with Crippen molar-refractivity contribution < 1.29 is 22.7 Å². The van der Waals surface area contributed by atoms with E-state index in [0.29, 0.717) is 13.1 Å². The van der Waals surface area contributed by atoms with Crippen molar-refractivity contribution in [1.29, 1.82) is 0 Å². The summed E-state index contributed by atoms with van der Waals surface area (Å²) in [4.78, 5) is 24.1. The van der Waals surface area contributed by atoms with Crippen molar-refractivity contribution in [3.05, 3.63) is 28.8 Å². The van der Waals surface area contributed by atoms with Crippen molar-refractivity contribution in [2.24, 2.45) is 5.92 Å². The molecule has 0 radical (unpaired) electrons. The van der Waals surface area contributed by atoms with Gasteiger partial charge in [0.1, 0.15) is 4.90 Å². The Kier molecular flexibility index (Phi) is 8.48. The number of esters is 1. The molecule has 0 spiro atoms. The van der Waals surface area contributed by atoms with Gasteiger partial charge in [0.05, 0.1) is 10.6 Å². The molecule has 0 bridgehead atoms. The molecule has 1 saturated heterocycles. The Morgan fingerprint density at radius 2 is 2.10 bits per heavy atom. The number of hydrogen-bond donors (Lipinski definition) is 1. The summed E-state index contributed by atoms with van der Waals surface area (Å²) in [5.74, 6) is -0.911. The molecule has 29 heavy (non-hydrogen) atoms. The number of ether oxygens (including phenoxy) is 1. The minimum Gasteiger partial charge on any atom is -0.452 e. The predicted octanol–water partition coefficient (Wildman–Crippen LogP) is 3.22. The second kappa shape index (κ2) is 10.4. The summed E-state index contributed by atoms with van der Waals surface area (Å²) >= 11 is 6.13. The van der Waals surface area contributed by atoms with Crippen LogP contribution in [0.25, 0.3) is 0 Å². The van der Waals surface area contributed by atoms with Gasteiger partial charge in [-0.1, -0.05) is 31.9 Å². The summed E-state index contributed by atoms with van der Waals surface area (Å²) < 4.78 is 32.4. The van der Waals surface area contributed by atoms with Crippen molar-refractivity contribution in [3.63, 3.8) is 0 Å². The van der Waals surface area contributed by atoms with E-state index in [4.69, 9.17) is 16.3 Å². The summed E-state index contributed by atoms with van der Waals surface area (Å²) in [6, 6.07) is 3.96. The molecule has 1 heterocycles. The monoisotopic (exact) mass is 444 g/mol. The third-order valence-corrected chi connectivity index (χ3v) is 7.21. The Bertz CT molecular complexity index is 843. The lowest BCUT2D eigenvalue weighted by atomic mass is 10.0. The first-order valence-corrected chi connectivity index (χ1v) is 11.7. The van der Waals surface area contributed by atoms with Gasteiger partial charge in [0.25, 0.3) is 5.91 Å². The standard InChI is InChI=1S/C20H29ClN2O5S/c1-4-6-15(3)22-19(24)13-28-20(25)16-8-9-17(21)18(11-16)29(26,27)23-10-5-7-14(2)12-23/h8-9,11,14-15H,4-7,10,12-13H2,1-3H3,(H,22,24). The third-order valence-electron chi connectivity index (χ3n) is 4.87. The Labute approximate surface area is 177 Å². The Morgan fingerprint density at radius 3 is 2.76 bits per heavy atom. The average Bonchev–Trinajstić information content (AvgIpc) is 2.66. The van der Waals surface area contributed by atoms with Gasteiger partial charge >= 0.3 is 5.97 Å². The summed E-state index contributed by atoms with van der Waals surface area (Å²) in [5.41, 5.74) is 0.0347. The van der Waals surface area contributed by atoms with Crippen LogP contribution in [0.1, 0.15) is 56.8 Å². The van der Waals surface area contributed by atoms with E-state index in [1.54, 1.807) is 0 Å². The lowest BCUT2D eigenvalue weighted by molar-refractivity contribution is -0.124. The molecule has 1 aromatic carbocycles. The average molecular weight is 445 g/mol. The highest BCUT2D eigenvalue weighted by molar-refractivity contribution is 7.89. The van der Waals surface area contributed by atoms with E-state index in [0.717, 1.165) is 25.7 Å². The Balaban J connectivity index is 2.09. The highest BCUT2D eigenvalue weighted by Crippen LogP contribution is 2.29. The number of piperidine rings is 1. The SMILES string of the molecule is CCCC(C)NC(=O)COC(=O)c1ccc(Cl)c(S(=O)(=O)N2CCCC(C)C2)c1. The number of rotatable bonds is 8. The maximum absolute atomic E-state index is 13.0. The molecule has 2 unspecified atom stereocenters. The molecular weight excluding hydrogens is 416 g/mol. The lowest BCUT2D eigenvalue weighted by Gasteiger charge is -2.30. The molecule has 1 aliphatic heterocycles. The van der Waals surface area contributed by atoms with Crippen LogP contribution >= 0.6 is 11.6 Å². The number of carbonyl (C=O) groups is 2. The van der Waals surface area contributed by atoms with Gasteiger partial charge in [-0.2, -0.15) is 4.31 Å². The highest BCUT2D eigenvalue weighted by Gasteiger charge is 2.31. The lowest BCUT2D eigenvalue weighted by Crippen LogP contribution is -2.39. The number of nitrogens with zero attached hydrogens (tertiary/aromatic N) is 1. The van der Waals surface area contributed by atoms with E-state index in [1.807, 2.05) is 20.8 Å². The van der Waals surface area contributed by atoms with E-state index in [2.05, 4.69) is 5.32 Å². The molecule has 1 N–H and O–H groups in total. The van der Waals surface area contributed by atoms with E-state index in [1.165, 1.54) is 22.5 Å². The zero-order valence-corrected chi connectivity index (χ0v) is 18.7. The molecule has 7 nitrogen and oxygen atoms in total. The largest absolute Gasteiger partial charge is 0.452 e. The Hall–Kier alpha value is -1.64. The van der Waals surface area contributed by atoms with E-state index < -0.39 is 28.5 Å². The number of halogens is 1. The highest BCUT2D eigenvalue weighted by atomic mass is 35.5. The number of nitrogens with one attached hydrogen (secondary N) is 1. The van der Waals surface area contributed by atoms with Crippen LogP contribution < -0.4 is 5.32 Å². The summed E-state index contributed by atoms with van der Waals surface area (Å²) in [6.07, 6.45) is 3.52. The maximum Gasteiger partial charge on any atom is 0.338 e. The smallest absolute Gasteiger partial charge is 0.338 e. The van der Waals surface area contributed by atoms with Gasteiger partial charge in [-0.3, -0.25) is 4.79 Å². The van der Waals surface area contributed by atoms with E-state index in [9.17, 15) is 18.0 Å². The van der Waals surface area contributed by atoms with Crippen LogP contribution in [0, 0.1) is 5.92 Å². The van der Waals surface area contributed by atoms with Gasteiger partial charge in [0.2, 0.25) is 10.0 Å². The fraction of sp³-hybridized carbons (Fsp3) is 0.600. The second-order valence-corrected chi connectivity index (χ2v) is 9.90. The van der Waals surface area contributed by atoms with Crippen molar-refractivity contribution >= 4 is 33.5 Å². The Morgan fingerprint density at radius 1 is 1.38 bits per heavy atom. The molecule has 1 fully saturated rings. The summed E-state index contributed by atoms with van der Waals surface area (Å²) in [7, 11) is -3.82. The van der Waals surface area contributed by atoms with Crippen LogP contribution in [0.2, 0.25) is 5.02 Å². The van der Waals surface area contributed by atoms with Gasteiger partial charge in [-0.25, -0.2) is 13.2 Å². The van der Waals surface area contributed by atoms with Crippen LogP contribution in [0.4, 0.5) is 0 Å². The van der Waals surface area contributed by atoms with Gasteiger partial charge in [0.15, 0.2) is 6.61 Å². The van der Waals surface area contributed by atoms with Gasteiger partial charge in [-0.05, 0) is 50.3 Å². The first-order valence-electron chi connectivity index (χ1n) is 9.91. The second-order valence-electron chi connectivity index (χ2n) is 7.59. The zero-order chi connectivity index (χ0) is 21.6. The molecule has 1 aromatic rings. The minimum atomic E-state index is -3.82. The number of amides is 1. The number of benzene rings is 1. The number of carbonyl (C=O) groups excluding carboxylic acids is 2. The molecule has 9 heteroatoms. The number of sulfonamides is 1. The molecule has 2 rings (SSSR count). The van der Waals surface area contributed by atoms with E-state index >= 15 is 0 Å². The van der Waals surface area contributed by atoms with Crippen molar-refractivity contribution in [2.45, 2.75) is 57.4 Å². The summed E-state index contributed by atoms with van der Waals surface area (Å²) in [5, 5.41) is 2.79.